The van der Waals surface area contributed by atoms with E-state index in [0.29, 0.717) is 32.0 Å². The number of carboxylic acids is 1. The number of carbonyl (C=O) groups excluding carboxylic acids is 2. The van der Waals surface area contributed by atoms with Crippen LogP contribution in [0.3, 0.4) is 0 Å². The predicted octanol–water partition coefficient (Wildman–Crippen LogP) is 0.958. The van der Waals surface area contributed by atoms with Crippen molar-refractivity contribution in [2.24, 2.45) is 17.8 Å². The molecule has 0 bridgehead atoms. The number of hydrogen-bond acceptors (Lipinski definition) is 3. The Bertz CT molecular complexity index is 475. The molecule has 1 N–H and O–H groups in total. The third-order valence-electron chi connectivity index (χ3n) is 5.26. The molecule has 22 heavy (non-hydrogen) atoms. The van der Waals surface area contributed by atoms with Crippen LogP contribution in [0.1, 0.15) is 38.5 Å². The van der Waals surface area contributed by atoms with E-state index in [1.807, 2.05) is 0 Å². The molecule has 0 radical (unpaired) electrons. The molecule has 6 nitrogen and oxygen atoms in total. The molecule has 0 aromatic rings. The molecule has 2 atom stereocenters. The van der Waals surface area contributed by atoms with E-state index in [2.05, 4.69) is 0 Å². The molecule has 2 amide bonds. The average Bonchev–Trinajstić information content (AvgIpc) is 3.25. The van der Waals surface area contributed by atoms with Gasteiger partial charge in [-0.25, -0.2) is 0 Å². The summed E-state index contributed by atoms with van der Waals surface area (Å²) in [4.78, 5) is 39.2. The molecule has 122 valence electrons. The number of rotatable bonds is 4. The number of aliphatic carboxylic acids is 1. The second kappa shape index (κ2) is 6.26. The van der Waals surface area contributed by atoms with Crippen molar-refractivity contribution < 1.29 is 19.5 Å². The SMILES string of the molecule is O=C(O)[C@@H]1CN(C(=O)CN2CCCCCC2=O)C[C@H]1C1CC1. The van der Waals surface area contributed by atoms with Crippen molar-refractivity contribution in [2.45, 2.75) is 38.5 Å². The van der Waals surface area contributed by atoms with Crippen LogP contribution in [0.25, 0.3) is 0 Å². The summed E-state index contributed by atoms with van der Waals surface area (Å²) in [6, 6.07) is 0. The highest BCUT2D eigenvalue weighted by Crippen LogP contribution is 2.44. The van der Waals surface area contributed by atoms with Crippen LogP contribution in [0.5, 0.6) is 0 Å². The fraction of sp³-hybridized carbons (Fsp3) is 0.812. The van der Waals surface area contributed by atoms with Crippen molar-refractivity contribution in [3.63, 3.8) is 0 Å². The van der Waals surface area contributed by atoms with Gasteiger partial charge in [0.15, 0.2) is 0 Å². The minimum atomic E-state index is -0.793. The highest BCUT2D eigenvalue weighted by atomic mass is 16.4. The quantitative estimate of drug-likeness (QED) is 0.839. The highest BCUT2D eigenvalue weighted by molar-refractivity contribution is 5.85. The minimum Gasteiger partial charge on any atom is -0.481 e. The van der Waals surface area contributed by atoms with Gasteiger partial charge < -0.3 is 14.9 Å². The van der Waals surface area contributed by atoms with E-state index in [9.17, 15) is 19.5 Å². The molecule has 3 aliphatic rings. The van der Waals surface area contributed by atoms with Gasteiger partial charge in [0, 0.05) is 26.1 Å². The van der Waals surface area contributed by atoms with Crippen LogP contribution >= 0.6 is 0 Å². The Morgan fingerprint density at radius 2 is 1.91 bits per heavy atom. The fourth-order valence-electron chi connectivity index (χ4n) is 3.76. The van der Waals surface area contributed by atoms with Crippen LogP contribution in [-0.2, 0) is 14.4 Å². The van der Waals surface area contributed by atoms with E-state index in [-0.39, 0.29) is 24.3 Å². The Kier molecular flexibility index (Phi) is 4.36. The van der Waals surface area contributed by atoms with Gasteiger partial charge in [-0.3, -0.25) is 14.4 Å². The molecular weight excluding hydrogens is 284 g/mol. The van der Waals surface area contributed by atoms with Crippen LogP contribution in [0.2, 0.25) is 0 Å². The maximum Gasteiger partial charge on any atom is 0.308 e. The highest BCUT2D eigenvalue weighted by Gasteiger charge is 2.46. The number of amides is 2. The van der Waals surface area contributed by atoms with Crippen molar-refractivity contribution >= 4 is 17.8 Å². The molecule has 0 spiro atoms. The summed E-state index contributed by atoms with van der Waals surface area (Å²) in [6.07, 6.45) is 5.57. The molecule has 2 saturated heterocycles. The smallest absolute Gasteiger partial charge is 0.308 e. The predicted molar refractivity (Wildman–Crippen MR) is 79.0 cm³/mol. The number of carboxylic acid groups (broad SMARTS) is 1. The zero-order valence-corrected chi connectivity index (χ0v) is 12.9. The molecule has 0 aromatic carbocycles. The van der Waals surface area contributed by atoms with Gasteiger partial charge in [0.2, 0.25) is 11.8 Å². The largest absolute Gasteiger partial charge is 0.481 e. The molecule has 3 rings (SSSR count). The van der Waals surface area contributed by atoms with Gasteiger partial charge in [0.25, 0.3) is 0 Å². The summed E-state index contributed by atoms with van der Waals surface area (Å²) >= 11 is 0. The molecule has 1 aliphatic carbocycles. The molecule has 6 heteroatoms. The molecule has 0 unspecified atom stereocenters. The number of carbonyl (C=O) groups is 3. The van der Waals surface area contributed by atoms with Crippen molar-refractivity contribution in [1.82, 2.24) is 9.80 Å². The lowest BCUT2D eigenvalue weighted by molar-refractivity contribution is -0.143. The average molecular weight is 308 g/mol. The fourth-order valence-corrected chi connectivity index (χ4v) is 3.76. The summed E-state index contributed by atoms with van der Waals surface area (Å²) < 4.78 is 0. The lowest BCUT2D eigenvalue weighted by Crippen LogP contribution is -2.42. The minimum absolute atomic E-state index is 0.0542. The van der Waals surface area contributed by atoms with Crippen LogP contribution < -0.4 is 0 Å². The Labute approximate surface area is 130 Å². The van der Waals surface area contributed by atoms with Crippen molar-refractivity contribution in [3.05, 3.63) is 0 Å². The normalized spacial score (nSPS) is 29.5. The molecule has 3 fully saturated rings. The number of likely N-dealkylation sites (tertiary alicyclic amines) is 2. The second-order valence-electron chi connectivity index (χ2n) is 6.87. The van der Waals surface area contributed by atoms with Gasteiger partial charge in [0.1, 0.15) is 0 Å². The zero-order chi connectivity index (χ0) is 15.7. The van der Waals surface area contributed by atoms with Gasteiger partial charge in [-0.2, -0.15) is 0 Å². The van der Waals surface area contributed by atoms with Crippen molar-refractivity contribution in [1.29, 1.82) is 0 Å². The van der Waals surface area contributed by atoms with Gasteiger partial charge in [0.05, 0.1) is 12.5 Å². The van der Waals surface area contributed by atoms with Crippen molar-refractivity contribution in [2.75, 3.05) is 26.2 Å². The second-order valence-corrected chi connectivity index (χ2v) is 6.87. The Balaban J connectivity index is 1.60. The Morgan fingerprint density at radius 1 is 1.14 bits per heavy atom. The Hall–Kier alpha value is -1.59. The Morgan fingerprint density at radius 3 is 2.59 bits per heavy atom. The lowest BCUT2D eigenvalue weighted by Gasteiger charge is -2.24. The number of hydrogen-bond donors (Lipinski definition) is 1. The monoisotopic (exact) mass is 308 g/mol. The van der Waals surface area contributed by atoms with E-state index < -0.39 is 11.9 Å². The third kappa shape index (κ3) is 3.25. The molecular formula is C16H24N2O4. The van der Waals surface area contributed by atoms with Crippen molar-refractivity contribution in [3.8, 4) is 0 Å². The van der Waals surface area contributed by atoms with Gasteiger partial charge in [-0.15, -0.1) is 0 Å². The summed E-state index contributed by atoms with van der Waals surface area (Å²) in [7, 11) is 0. The van der Waals surface area contributed by atoms with E-state index in [1.165, 1.54) is 0 Å². The van der Waals surface area contributed by atoms with E-state index in [4.69, 9.17) is 0 Å². The topological polar surface area (TPSA) is 77.9 Å². The third-order valence-corrected chi connectivity index (χ3v) is 5.26. The molecule has 0 aromatic heterocycles. The number of nitrogens with zero attached hydrogens (tertiary/aromatic N) is 2. The maximum atomic E-state index is 12.5. The van der Waals surface area contributed by atoms with Crippen LogP contribution in [0, 0.1) is 17.8 Å². The molecule has 2 heterocycles. The lowest BCUT2D eigenvalue weighted by atomic mass is 9.92. The summed E-state index contributed by atoms with van der Waals surface area (Å²) in [5.74, 6) is -0.697. The van der Waals surface area contributed by atoms with Gasteiger partial charge in [-0.05, 0) is 37.5 Å². The zero-order valence-electron chi connectivity index (χ0n) is 12.9. The first-order chi connectivity index (χ1) is 10.6. The van der Waals surface area contributed by atoms with Crippen LogP contribution in [0.4, 0.5) is 0 Å². The summed E-state index contributed by atoms with van der Waals surface area (Å²) in [5, 5.41) is 9.36. The van der Waals surface area contributed by atoms with Crippen LogP contribution in [-0.4, -0.2) is 58.9 Å². The first-order valence-corrected chi connectivity index (χ1v) is 8.34. The van der Waals surface area contributed by atoms with Gasteiger partial charge >= 0.3 is 5.97 Å². The molecule has 2 aliphatic heterocycles. The standard InChI is InChI=1S/C16H24N2O4/c19-14-4-2-1-3-7-17(14)10-15(20)18-8-12(11-5-6-11)13(9-18)16(21)22/h11-13H,1-10H2,(H,21,22)/t12-,13+/m0/s1. The first kappa shape index (κ1) is 15.3. The van der Waals surface area contributed by atoms with E-state index >= 15 is 0 Å². The van der Waals surface area contributed by atoms with Crippen LogP contribution in [0.15, 0.2) is 0 Å². The molecule has 1 saturated carbocycles. The summed E-state index contributed by atoms with van der Waals surface area (Å²) in [6.45, 7) is 1.61. The van der Waals surface area contributed by atoms with Gasteiger partial charge in [-0.1, -0.05) is 6.42 Å². The maximum absolute atomic E-state index is 12.5. The first-order valence-electron chi connectivity index (χ1n) is 8.34. The van der Waals surface area contributed by atoms with E-state index in [0.717, 1.165) is 32.1 Å². The summed E-state index contributed by atoms with van der Waals surface area (Å²) in [5.41, 5.74) is 0. The van der Waals surface area contributed by atoms with E-state index in [1.54, 1.807) is 9.80 Å².